The summed E-state index contributed by atoms with van der Waals surface area (Å²) in [6.45, 7) is 27.7. The summed E-state index contributed by atoms with van der Waals surface area (Å²) in [5, 5.41) is 4.57. The van der Waals surface area contributed by atoms with Gasteiger partial charge in [0.25, 0.3) is 0 Å². The van der Waals surface area contributed by atoms with Crippen LogP contribution in [0.25, 0.3) is 55.0 Å². The number of furan rings is 1. The second-order valence-electron chi connectivity index (χ2n) is 28.5. The van der Waals surface area contributed by atoms with Gasteiger partial charge in [-0.1, -0.05) is 222 Å². The molecular formula is C81H71N3OS. The molecule has 1 spiro atoms. The number of nitrogens with zero attached hydrogens (tertiary/aromatic N) is 3. The van der Waals surface area contributed by atoms with Crippen LogP contribution in [0.15, 0.2) is 227 Å². The average Bonchev–Trinajstić information content (AvgIpc) is 1.46. The highest BCUT2D eigenvalue weighted by Crippen LogP contribution is 2.76. The fourth-order valence-corrected chi connectivity index (χ4v) is 16.0. The van der Waals surface area contributed by atoms with Crippen molar-refractivity contribution in [3.63, 3.8) is 0 Å². The second-order valence-corrected chi connectivity index (χ2v) is 29.6. The molecule has 0 amide bonds. The van der Waals surface area contributed by atoms with E-state index in [1.165, 1.54) is 105 Å². The molecule has 2 aliphatic heterocycles. The van der Waals surface area contributed by atoms with Crippen molar-refractivity contribution in [1.82, 2.24) is 0 Å². The van der Waals surface area contributed by atoms with Crippen LogP contribution in [0.1, 0.15) is 128 Å². The molecule has 16 rings (SSSR count). The van der Waals surface area contributed by atoms with E-state index < -0.39 is 5.41 Å². The van der Waals surface area contributed by atoms with E-state index in [4.69, 9.17) is 4.42 Å². The molecule has 1 atom stereocenters. The summed E-state index contributed by atoms with van der Waals surface area (Å²) in [6.07, 6.45) is 0. The summed E-state index contributed by atoms with van der Waals surface area (Å²) in [5.74, 6) is 0. The molecule has 1 unspecified atom stereocenters. The van der Waals surface area contributed by atoms with Gasteiger partial charge in [-0.2, -0.15) is 0 Å². The standard InChI is InChI=1S/C81H71N3OS/c1-77(2,3)48-31-39-52(40-32-48)82(53-41-33-49(34-42-53)78(4,5)6)64-47-61-71(76-68(64)58-23-15-17-28-65(58)85-76)69-56-21-13-14-22-57(56)74(83(54-43-35-50(36-44-54)79(7,8)9)55-45-37-51(38-46-55)80(10,11)12)70-59-24-19-27-63-72(59)81(61,73(69)70)60-25-20-30-67-75(60)84(63)62-26-16-18-29-66(62)86-67/h13-47H,1-12H3. The molecule has 11 aromatic carbocycles. The molecule has 0 N–H and O–H groups in total. The minimum atomic E-state index is -0.809. The van der Waals surface area contributed by atoms with Gasteiger partial charge in [-0.25, -0.2) is 0 Å². The van der Waals surface area contributed by atoms with E-state index in [2.05, 4.69) is 310 Å². The number of benzene rings is 11. The fraction of sp³-hybridized carbons (Fsp3) is 0.210. The average molecular weight is 1130 g/mol. The van der Waals surface area contributed by atoms with Crippen molar-refractivity contribution in [2.75, 3.05) is 14.7 Å². The zero-order valence-electron chi connectivity index (χ0n) is 51.4. The maximum Gasteiger partial charge on any atom is 0.145 e. The van der Waals surface area contributed by atoms with Gasteiger partial charge in [0.2, 0.25) is 0 Å². The van der Waals surface area contributed by atoms with Crippen LogP contribution < -0.4 is 14.7 Å². The molecule has 0 saturated carbocycles. The predicted octanol–water partition coefficient (Wildman–Crippen LogP) is 23.5. The molecule has 1 aromatic heterocycles. The number of hydrogen-bond donors (Lipinski definition) is 0. The highest BCUT2D eigenvalue weighted by molar-refractivity contribution is 7.99. The first kappa shape index (κ1) is 52.8. The quantitative estimate of drug-likeness (QED) is 0.165. The van der Waals surface area contributed by atoms with Crippen molar-refractivity contribution in [2.45, 2.75) is 120 Å². The number of fused-ring (bicyclic) bond motifs is 12. The third-order valence-corrected chi connectivity index (χ3v) is 20.3. The Morgan fingerprint density at radius 2 is 0.872 bits per heavy atom. The molecular weight excluding hydrogens is 1060 g/mol. The SMILES string of the molecule is CC(C)(C)c1ccc(N(c2ccc(C(C)(C)C)cc2)c2c3c4c(c5ccccc25)-c2c(cc(N(c5ccc(C(C)(C)C)cc5)c5ccc(C(C)(C)C)cc5)c5c2oc2ccccc25)C42c4cccc5c4N(c4ccccc4S5)c4cccc-3c42)cc1. The van der Waals surface area contributed by atoms with Crippen molar-refractivity contribution in [3.8, 4) is 22.3 Å². The maximum absolute atomic E-state index is 7.68. The summed E-state index contributed by atoms with van der Waals surface area (Å²) in [6, 6.07) is 81.5. The summed E-state index contributed by atoms with van der Waals surface area (Å²) >= 11 is 1.89. The zero-order chi connectivity index (χ0) is 59.1. The van der Waals surface area contributed by atoms with Gasteiger partial charge in [-0.15, -0.1) is 0 Å². The first-order valence-electron chi connectivity index (χ1n) is 30.7. The molecule has 0 radical (unpaired) electrons. The van der Waals surface area contributed by atoms with Gasteiger partial charge in [-0.3, -0.25) is 0 Å². The maximum atomic E-state index is 7.68. The Morgan fingerprint density at radius 3 is 1.44 bits per heavy atom. The van der Waals surface area contributed by atoms with E-state index in [-0.39, 0.29) is 21.7 Å². The largest absolute Gasteiger partial charge is 0.455 e. The summed E-state index contributed by atoms with van der Waals surface area (Å²) in [4.78, 5) is 10.2. The van der Waals surface area contributed by atoms with Crippen LogP contribution in [0.2, 0.25) is 0 Å². The van der Waals surface area contributed by atoms with E-state index in [9.17, 15) is 0 Å². The molecule has 0 bridgehead atoms. The van der Waals surface area contributed by atoms with Gasteiger partial charge in [-0.05, 0) is 162 Å². The van der Waals surface area contributed by atoms with Gasteiger partial charge in [0.15, 0.2) is 0 Å². The molecule has 4 nitrogen and oxygen atoms in total. The van der Waals surface area contributed by atoms with Crippen LogP contribution in [-0.4, -0.2) is 0 Å². The van der Waals surface area contributed by atoms with E-state index in [0.29, 0.717) is 0 Å². The highest BCUT2D eigenvalue weighted by atomic mass is 32.2. The Hall–Kier alpha value is -8.77. The number of anilines is 9. The fourth-order valence-electron chi connectivity index (χ4n) is 14.9. The van der Waals surface area contributed by atoms with E-state index in [1.807, 2.05) is 11.8 Å². The first-order valence-corrected chi connectivity index (χ1v) is 31.5. The first-order chi connectivity index (χ1) is 41.2. The smallest absolute Gasteiger partial charge is 0.145 e. The number of para-hydroxylation sites is 3. The molecule has 86 heavy (non-hydrogen) atoms. The van der Waals surface area contributed by atoms with Crippen molar-refractivity contribution in [2.24, 2.45) is 0 Å². The summed E-state index contributed by atoms with van der Waals surface area (Å²) < 4.78 is 7.68. The topological polar surface area (TPSA) is 22.9 Å². The number of hydrogen-bond acceptors (Lipinski definition) is 5. The third-order valence-electron chi connectivity index (χ3n) is 19.2. The summed E-state index contributed by atoms with van der Waals surface area (Å²) in [7, 11) is 0. The van der Waals surface area contributed by atoms with Crippen LogP contribution >= 0.6 is 11.8 Å². The van der Waals surface area contributed by atoms with Crippen molar-refractivity contribution < 1.29 is 4.42 Å². The minimum absolute atomic E-state index is 0.0249. The molecule has 4 aliphatic rings. The zero-order valence-corrected chi connectivity index (χ0v) is 52.2. The van der Waals surface area contributed by atoms with Crippen LogP contribution in [0.3, 0.4) is 0 Å². The van der Waals surface area contributed by atoms with Crippen LogP contribution in [0.4, 0.5) is 51.2 Å². The normalized spacial score (nSPS) is 15.4. The molecule has 422 valence electrons. The molecule has 2 aliphatic carbocycles. The second kappa shape index (κ2) is 18.1. The summed E-state index contributed by atoms with van der Waals surface area (Å²) in [5.41, 5.74) is 26.4. The Bertz CT molecular complexity index is 4690. The Morgan fingerprint density at radius 1 is 0.395 bits per heavy atom. The van der Waals surface area contributed by atoms with Crippen molar-refractivity contribution in [1.29, 1.82) is 0 Å². The van der Waals surface area contributed by atoms with E-state index in [0.717, 1.165) is 55.9 Å². The molecule has 3 heterocycles. The van der Waals surface area contributed by atoms with Gasteiger partial charge in [0.05, 0.1) is 39.2 Å². The lowest BCUT2D eigenvalue weighted by molar-refractivity contribution is 0.590. The van der Waals surface area contributed by atoms with Crippen LogP contribution in [-0.2, 0) is 27.1 Å². The third kappa shape index (κ3) is 7.43. The monoisotopic (exact) mass is 1130 g/mol. The van der Waals surface area contributed by atoms with Gasteiger partial charge in [0.1, 0.15) is 11.2 Å². The Kier molecular flexibility index (Phi) is 11.1. The molecule has 12 aromatic rings. The van der Waals surface area contributed by atoms with E-state index >= 15 is 0 Å². The lowest BCUT2D eigenvalue weighted by Crippen LogP contribution is -2.35. The van der Waals surface area contributed by atoms with Crippen LogP contribution in [0, 0.1) is 0 Å². The molecule has 5 heteroatoms. The Balaban J connectivity index is 1.10. The molecule has 0 fully saturated rings. The predicted molar refractivity (Wildman–Crippen MR) is 364 cm³/mol. The van der Waals surface area contributed by atoms with E-state index in [1.54, 1.807) is 0 Å². The minimum Gasteiger partial charge on any atom is -0.455 e. The lowest BCUT2D eigenvalue weighted by atomic mass is 9.66. The number of rotatable bonds is 6. The van der Waals surface area contributed by atoms with Gasteiger partial charge in [0, 0.05) is 60.0 Å². The van der Waals surface area contributed by atoms with Gasteiger partial charge < -0.3 is 19.1 Å². The van der Waals surface area contributed by atoms with Crippen LogP contribution in [0.5, 0.6) is 0 Å². The lowest BCUT2D eigenvalue weighted by Gasteiger charge is -2.46. The van der Waals surface area contributed by atoms with Gasteiger partial charge >= 0.3 is 0 Å². The van der Waals surface area contributed by atoms with Crippen molar-refractivity contribution >= 4 is 95.7 Å². The molecule has 0 saturated heterocycles. The Labute approximate surface area is 510 Å². The van der Waals surface area contributed by atoms with Crippen molar-refractivity contribution in [3.05, 3.63) is 257 Å². The highest BCUT2D eigenvalue weighted by Gasteiger charge is 2.61.